The maximum atomic E-state index is 13.8. The highest BCUT2D eigenvalue weighted by atomic mass is 19.4. The van der Waals surface area contributed by atoms with E-state index in [2.05, 4.69) is 15.3 Å². The Morgan fingerprint density at radius 3 is 2.46 bits per heavy atom. The van der Waals surface area contributed by atoms with Gasteiger partial charge in [0.15, 0.2) is 11.5 Å². The largest absolute Gasteiger partial charge is 0.417 e. The Morgan fingerprint density at radius 2 is 1.82 bits per heavy atom. The summed E-state index contributed by atoms with van der Waals surface area (Å²) in [5.74, 6) is -0.950. The van der Waals surface area contributed by atoms with E-state index in [1.807, 2.05) is 44.2 Å². The van der Waals surface area contributed by atoms with Gasteiger partial charge in [0.2, 0.25) is 0 Å². The van der Waals surface area contributed by atoms with E-state index >= 15 is 0 Å². The van der Waals surface area contributed by atoms with Crippen molar-refractivity contribution < 1.29 is 22.8 Å². The number of carbonyl (C=O) groups is 2. The molecule has 1 unspecified atom stereocenters. The van der Waals surface area contributed by atoms with Crippen LogP contribution >= 0.6 is 0 Å². The summed E-state index contributed by atoms with van der Waals surface area (Å²) in [5, 5.41) is 2.52. The maximum absolute atomic E-state index is 13.8. The molecule has 0 radical (unpaired) electrons. The molecule has 1 aromatic heterocycles. The fraction of sp³-hybridized carbons (Fsp3) is 0.310. The van der Waals surface area contributed by atoms with Crippen LogP contribution in [0.25, 0.3) is 0 Å². The number of nitrogens with zero attached hydrogens (tertiary/aromatic N) is 3. The van der Waals surface area contributed by atoms with Crippen molar-refractivity contribution in [2.45, 2.75) is 51.5 Å². The molecule has 7 nitrogen and oxygen atoms in total. The van der Waals surface area contributed by atoms with Crippen molar-refractivity contribution in [2.24, 2.45) is 16.6 Å². The molecule has 1 aliphatic rings. The second-order valence-corrected chi connectivity index (χ2v) is 9.94. The van der Waals surface area contributed by atoms with E-state index in [9.17, 15) is 22.8 Å². The van der Waals surface area contributed by atoms with E-state index in [4.69, 9.17) is 5.73 Å². The van der Waals surface area contributed by atoms with E-state index in [0.717, 1.165) is 12.1 Å². The van der Waals surface area contributed by atoms with Crippen LogP contribution in [0, 0.1) is 5.92 Å². The number of halogens is 3. The number of benzene rings is 2. The second kappa shape index (κ2) is 11.3. The van der Waals surface area contributed by atoms with Gasteiger partial charge < -0.3 is 11.1 Å². The highest BCUT2D eigenvalue weighted by molar-refractivity contribution is 6.07. The number of carbonyl (C=O) groups excluding carboxylic acids is 2. The van der Waals surface area contributed by atoms with Gasteiger partial charge in [-0.25, -0.2) is 4.99 Å². The molecule has 10 heteroatoms. The van der Waals surface area contributed by atoms with Crippen LogP contribution in [0.2, 0.25) is 0 Å². The van der Waals surface area contributed by atoms with Gasteiger partial charge in [-0.05, 0) is 53.6 Å². The summed E-state index contributed by atoms with van der Waals surface area (Å²) in [6, 6.07) is 15.7. The Morgan fingerprint density at radius 1 is 1.08 bits per heavy atom. The SMILES string of the molecule is CC(C)CCC1(c2ccccc2)N=C(N)N(Cc2ccc(C(F)(F)F)c(C(=O)NCc3cccnc3)c2)C1=O. The standard InChI is InChI=1S/C29H30F3N5O2/c1-19(2)12-13-28(22-8-4-3-5-9-22)26(39)37(27(33)36-28)18-20-10-11-24(29(30,31)32)23(15-20)25(38)35-17-21-7-6-14-34-16-21/h3-11,14-16,19H,12-13,17-18H2,1-2H3,(H2,33,36)(H,35,38). The van der Waals surface area contributed by atoms with Crippen LogP contribution in [0.15, 0.2) is 78.0 Å². The Bertz CT molecular complexity index is 1360. The Kier molecular flexibility index (Phi) is 8.03. The minimum absolute atomic E-state index is 0.00780. The Balaban J connectivity index is 1.62. The molecule has 2 aromatic carbocycles. The Hall–Kier alpha value is -4.21. The maximum Gasteiger partial charge on any atom is 0.417 e. The average Bonchev–Trinajstić information content (AvgIpc) is 3.16. The van der Waals surface area contributed by atoms with Crippen LogP contribution < -0.4 is 11.1 Å². The van der Waals surface area contributed by atoms with Gasteiger partial charge in [-0.1, -0.05) is 56.3 Å². The van der Waals surface area contributed by atoms with Crippen LogP contribution in [0.3, 0.4) is 0 Å². The fourth-order valence-electron chi connectivity index (χ4n) is 4.58. The number of aromatic nitrogens is 1. The lowest BCUT2D eigenvalue weighted by molar-refractivity contribution is -0.138. The third-order valence-electron chi connectivity index (χ3n) is 6.67. The van der Waals surface area contributed by atoms with Gasteiger partial charge in [0, 0.05) is 18.9 Å². The van der Waals surface area contributed by atoms with Gasteiger partial charge >= 0.3 is 6.18 Å². The third-order valence-corrected chi connectivity index (χ3v) is 6.67. The summed E-state index contributed by atoms with van der Waals surface area (Å²) in [6.07, 6.45) is -0.531. The number of rotatable bonds is 9. The molecule has 0 saturated heterocycles. The number of amides is 2. The van der Waals surface area contributed by atoms with Gasteiger partial charge in [0.25, 0.3) is 11.8 Å². The fourth-order valence-corrected chi connectivity index (χ4v) is 4.58. The number of nitrogens with one attached hydrogen (secondary N) is 1. The van der Waals surface area contributed by atoms with Crippen molar-refractivity contribution in [1.82, 2.24) is 15.2 Å². The number of aliphatic imine (C=N–C) groups is 1. The van der Waals surface area contributed by atoms with Crippen molar-refractivity contribution in [3.63, 3.8) is 0 Å². The van der Waals surface area contributed by atoms with Crippen LogP contribution in [0.5, 0.6) is 0 Å². The molecule has 3 N–H and O–H groups in total. The number of alkyl halides is 3. The monoisotopic (exact) mass is 537 g/mol. The minimum Gasteiger partial charge on any atom is -0.369 e. The van der Waals surface area contributed by atoms with E-state index in [0.29, 0.717) is 35.4 Å². The van der Waals surface area contributed by atoms with Crippen LogP contribution in [-0.4, -0.2) is 27.7 Å². The molecule has 1 aliphatic heterocycles. The molecular weight excluding hydrogens is 507 g/mol. The molecule has 0 aliphatic carbocycles. The molecule has 1 atom stereocenters. The number of pyridine rings is 1. The molecule has 204 valence electrons. The molecule has 0 saturated carbocycles. The molecule has 2 amide bonds. The zero-order valence-corrected chi connectivity index (χ0v) is 21.7. The lowest BCUT2D eigenvalue weighted by atomic mass is 9.83. The molecule has 2 heterocycles. The lowest BCUT2D eigenvalue weighted by Crippen LogP contribution is -2.42. The molecular formula is C29H30F3N5O2. The predicted octanol–water partition coefficient (Wildman–Crippen LogP) is 5.02. The normalized spacial score (nSPS) is 17.4. The van der Waals surface area contributed by atoms with Crippen molar-refractivity contribution in [3.8, 4) is 0 Å². The highest BCUT2D eigenvalue weighted by Crippen LogP contribution is 2.39. The number of hydrogen-bond acceptors (Lipinski definition) is 5. The van der Waals surface area contributed by atoms with Crippen LogP contribution in [0.1, 0.15) is 59.3 Å². The molecule has 0 bridgehead atoms. The summed E-state index contributed by atoms with van der Waals surface area (Å²) < 4.78 is 41.3. The van der Waals surface area contributed by atoms with E-state index in [-0.39, 0.29) is 25.0 Å². The molecule has 39 heavy (non-hydrogen) atoms. The van der Waals surface area contributed by atoms with Crippen LogP contribution in [0.4, 0.5) is 13.2 Å². The van der Waals surface area contributed by atoms with Crippen molar-refractivity contribution in [3.05, 3.63) is 101 Å². The molecule has 0 spiro atoms. The van der Waals surface area contributed by atoms with Gasteiger partial charge in [-0.3, -0.25) is 19.5 Å². The van der Waals surface area contributed by atoms with Gasteiger partial charge in [-0.15, -0.1) is 0 Å². The number of guanidine groups is 1. The van der Waals surface area contributed by atoms with Crippen molar-refractivity contribution >= 4 is 17.8 Å². The zero-order chi connectivity index (χ0) is 28.2. The first-order valence-electron chi connectivity index (χ1n) is 12.6. The zero-order valence-electron chi connectivity index (χ0n) is 21.7. The highest BCUT2D eigenvalue weighted by Gasteiger charge is 2.48. The number of nitrogens with two attached hydrogens (primary N) is 1. The molecule has 4 rings (SSSR count). The molecule has 3 aromatic rings. The van der Waals surface area contributed by atoms with Gasteiger partial charge in [0.1, 0.15) is 0 Å². The third kappa shape index (κ3) is 6.10. The predicted molar refractivity (Wildman–Crippen MR) is 141 cm³/mol. The van der Waals surface area contributed by atoms with E-state index in [1.165, 1.54) is 17.2 Å². The quantitative estimate of drug-likeness (QED) is 0.400. The summed E-state index contributed by atoms with van der Waals surface area (Å²) >= 11 is 0. The summed E-state index contributed by atoms with van der Waals surface area (Å²) in [6.45, 7) is 3.97. The van der Waals surface area contributed by atoms with Gasteiger partial charge in [0.05, 0.1) is 17.7 Å². The molecule has 0 fully saturated rings. The van der Waals surface area contributed by atoms with Gasteiger partial charge in [-0.2, -0.15) is 13.2 Å². The van der Waals surface area contributed by atoms with E-state index < -0.39 is 28.7 Å². The summed E-state index contributed by atoms with van der Waals surface area (Å²) in [4.78, 5) is 36.5. The summed E-state index contributed by atoms with van der Waals surface area (Å²) in [5.41, 5.74) is 5.06. The van der Waals surface area contributed by atoms with Crippen LogP contribution in [-0.2, 0) is 29.6 Å². The van der Waals surface area contributed by atoms with E-state index in [1.54, 1.807) is 18.3 Å². The Labute approximate surface area is 225 Å². The summed E-state index contributed by atoms with van der Waals surface area (Å²) in [7, 11) is 0. The topological polar surface area (TPSA) is 101 Å². The first-order chi connectivity index (χ1) is 18.5. The minimum atomic E-state index is -4.75. The number of hydrogen-bond donors (Lipinski definition) is 2. The lowest BCUT2D eigenvalue weighted by Gasteiger charge is -2.27. The van der Waals surface area contributed by atoms with Crippen molar-refractivity contribution in [1.29, 1.82) is 0 Å². The average molecular weight is 538 g/mol. The first kappa shape index (κ1) is 27.8. The second-order valence-electron chi connectivity index (χ2n) is 9.94. The first-order valence-corrected chi connectivity index (χ1v) is 12.6. The smallest absolute Gasteiger partial charge is 0.369 e. The van der Waals surface area contributed by atoms with Crippen molar-refractivity contribution in [2.75, 3.05) is 0 Å².